The largest absolute Gasteiger partial charge is 0.345 e. The number of carbonyl (C=O) groups is 1. The van der Waals surface area contributed by atoms with Crippen LogP contribution in [0.1, 0.15) is 28.9 Å². The standard InChI is InChI=1S/C21H16ClN3OS/c1-13(14-8-10-23-11-9-14)24-21(26)16-12-18(19-6-7-20(22)27-19)25-17-5-3-2-4-15(16)17/h2-13H,1H3,(H,24,26)/t13-/m1/s1. The normalized spacial score (nSPS) is 12.1. The zero-order valence-electron chi connectivity index (χ0n) is 14.5. The van der Waals surface area contributed by atoms with Crippen LogP contribution in [0, 0.1) is 0 Å². The van der Waals surface area contributed by atoms with Gasteiger partial charge in [-0.2, -0.15) is 0 Å². The summed E-state index contributed by atoms with van der Waals surface area (Å²) in [6, 6.07) is 16.9. The second-order valence-electron chi connectivity index (χ2n) is 6.15. The van der Waals surface area contributed by atoms with Crippen molar-refractivity contribution >= 4 is 39.7 Å². The summed E-state index contributed by atoms with van der Waals surface area (Å²) in [6.45, 7) is 1.95. The molecule has 1 N–H and O–H groups in total. The molecule has 4 rings (SSSR count). The van der Waals surface area contributed by atoms with Crippen molar-refractivity contribution in [1.82, 2.24) is 15.3 Å². The summed E-state index contributed by atoms with van der Waals surface area (Å²) in [5.41, 5.74) is 3.12. The Morgan fingerprint density at radius 2 is 1.89 bits per heavy atom. The maximum absolute atomic E-state index is 13.1. The number of nitrogens with zero attached hydrogens (tertiary/aromatic N) is 2. The molecule has 134 valence electrons. The molecule has 0 aliphatic heterocycles. The Kier molecular flexibility index (Phi) is 4.88. The van der Waals surface area contributed by atoms with Gasteiger partial charge in [0.15, 0.2) is 0 Å². The molecule has 1 atom stereocenters. The third kappa shape index (κ3) is 3.70. The van der Waals surface area contributed by atoms with E-state index in [1.807, 2.05) is 61.5 Å². The topological polar surface area (TPSA) is 54.9 Å². The highest BCUT2D eigenvalue weighted by molar-refractivity contribution is 7.19. The zero-order chi connectivity index (χ0) is 18.8. The highest BCUT2D eigenvalue weighted by Crippen LogP contribution is 2.32. The lowest BCUT2D eigenvalue weighted by Gasteiger charge is -2.15. The Labute approximate surface area is 165 Å². The predicted octanol–water partition coefficient (Wildman–Crippen LogP) is 5.50. The van der Waals surface area contributed by atoms with Gasteiger partial charge >= 0.3 is 0 Å². The lowest BCUT2D eigenvalue weighted by atomic mass is 10.0. The van der Waals surface area contributed by atoms with Gasteiger partial charge in [-0.25, -0.2) is 4.98 Å². The molecule has 0 aliphatic rings. The number of rotatable bonds is 4. The van der Waals surface area contributed by atoms with Crippen molar-refractivity contribution in [3.8, 4) is 10.6 Å². The third-order valence-corrected chi connectivity index (χ3v) is 5.59. The summed E-state index contributed by atoms with van der Waals surface area (Å²) in [7, 11) is 0. The molecule has 6 heteroatoms. The van der Waals surface area contributed by atoms with E-state index >= 15 is 0 Å². The van der Waals surface area contributed by atoms with Crippen molar-refractivity contribution in [2.24, 2.45) is 0 Å². The van der Waals surface area contributed by atoms with Gasteiger partial charge < -0.3 is 5.32 Å². The van der Waals surface area contributed by atoms with Crippen molar-refractivity contribution in [2.45, 2.75) is 13.0 Å². The van der Waals surface area contributed by atoms with Crippen molar-refractivity contribution in [1.29, 1.82) is 0 Å². The van der Waals surface area contributed by atoms with Gasteiger partial charge in [-0.05, 0) is 48.9 Å². The second kappa shape index (κ2) is 7.47. The van der Waals surface area contributed by atoms with Crippen LogP contribution in [-0.2, 0) is 0 Å². The van der Waals surface area contributed by atoms with Crippen LogP contribution in [-0.4, -0.2) is 15.9 Å². The molecule has 0 aliphatic carbocycles. The highest BCUT2D eigenvalue weighted by Gasteiger charge is 2.17. The van der Waals surface area contributed by atoms with Gasteiger partial charge in [0.25, 0.3) is 5.91 Å². The molecule has 0 saturated carbocycles. The molecule has 3 aromatic heterocycles. The molecule has 0 saturated heterocycles. The molecule has 0 radical (unpaired) electrons. The molecule has 0 bridgehead atoms. The maximum Gasteiger partial charge on any atom is 0.252 e. The number of carbonyl (C=O) groups excluding carboxylic acids is 1. The zero-order valence-corrected chi connectivity index (χ0v) is 16.1. The molecule has 4 aromatic rings. The van der Waals surface area contributed by atoms with E-state index in [4.69, 9.17) is 16.6 Å². The number of amides is 1. The van der Waals surface area contributed by atoms with Gasteiger partial charge in [-0.1, -0.05) is 29.8 Å². The number of thiophene rings is 1. The number of fused-ring (bicyclic) bond motifs is 1. The number of benzene rings is 1. The Bertz CT molecular complexity index is 1110. The minimum atomic E-state index is -0.137. The molecule has 27 heavy (non-hydrogen) atoms. The van der Waals surface area contributed by atoms with Crippen molar-refractivity contribution < 1.29 is 4.79 Å². The first-order chi connectivity index (χ1) is 13.1. The molecule has 4 nitrogen and oxygen atoms in total. The fourth-order valence-corrected chi connectivity index (χ4v) is 3.96. The number of hydrogen-bond acceptors (Lipinski definition) is 4. The lowest BCUT2D eigenvalue weighted by molar-refractivity contribution is 0.0941. The van der Waals surface area contributed by atoms with E-state index < -0.39 is 0 Å². The van der Waals surface area contributed by atoms with Crippen molar-refractivity contribution in [3.05, 3.63) is 82.5 Å². The predicted molar refractivity (Wildman–Crippen MR) is 110 cm³/mol. The van der Waals surface area contributed by atoms with Crippen LogP contribution in [0.15, 0.2) is 67.0 Å². The fraction of sp³-hybridized carbons (Fsp3) is 0.0952. The van der Waals surface area contributed by atoms with E-state index in [9.17, 15) is 4.79 Å². The number of pyridine rings is 2. The molecule has 1 aromatic carbocycles. The van der Waals surface area contributed by atoms with Crippen molar-refractivity contribution in [2.75, 3.05) is 0 Å². The summed E-state index contributed by atoms with van der Waals surface area (Å²) in [6.07, 6.45) is 3.44. The van der Waals surface area contributed by atoms with Crippen LogP contribution in [0.4, 0.5) is 0 Å². The monoisotopic (exact) mass is 393 g/mol. The molecular formula is C21H16ClN3OS. The number of aromatic nitrogens is 2. The summed E-state index contributed by atoms with van der Waals surface area (Å²) in [4.78, 5) is 22.7. The molecule has 0 spiro atoms. The van der Waals surface area contributed by atoms with E-state index in [0.717, 1.165) is 27.0 Å². The minimum absolute atomic E-state index is 0.132. The molecule has 0 unspecified atom stereocenters. The molecule has 3 heterocycles. The van der Waals surface area contributed by atoms with E-state index in [2.05, 4.69) is 10.3 Å². The first kappa shape index (κ1) is 17.6. The third-order valence-electron chi connectivity index (χ3n) is 4.34. The Morgan fingerprint density at radius 1 is 1.11 bits per heavy atom. The Hall–Kier alpha value is -2.76. The van der Waals surface area contributed by atoms with Crippen LogP contribution in [0.5, 0.6) is 0 Å². The maximum atomic E-state index is 13.1. The fourth-order valence-electron chi connectivity index (χ4n) is 2.95. The van der Waals surface area contributed by atoms with Gasteiger partial charge in [0.1, 0.15) is 0 Å². The molecule has 1 amide bonds. The first-order valence-electron chi connectivity index (χ1n) is 8.48. The highest BCUT2D eigenvalue weighted by atomic mass is 35.5. The van der Waals surface area contributed by atoms with Gasteiger partial charge in [-0.3, -0.25) is 9.78 Å². The van der Waals surface area contributed by atoms with Crippen LogP contribution in [0.2, 0.25) is 4.34 Å². The van der Waals surface area contributed by atoms with Gasteiger partial charge in [0, 0.05) is 17.8 Å². The van der Waals surface area contributed by atoms with Gasteiger partial charge in [0.2, 0.25) is 0 Å². The molecular weight excluding hydrogens is 378 g/mol. The van der Waals surface area contributed by atoms with Crippen molar-refractivity contribution in [3.63, 3.8) is 0 Å². The first-order valence-corrected chi connectivity index (χ1v) is 9.67. The van der Waals surface area contributed by atoms with Crippen LogP contribution < -0.4 is 5.32 Å². The average molecular weight is 394 g/mol. The second-order valence-corrected chi connectivity index (χ2v) is 7.87. The average Bonchev–Trinajstić information content (AvgIpc) is 3.14. The van der Waals surface area contributed by atoms with Crippen LogP contribution in [0.3, 0.4) is 0 Å². The minimum Gasteiger partial charge on any atom is -0.345 e. The molecule has 0 fully saturated rings. The van der Waals surface area contributed by atoms with E-state index in [-0.39, 0.29) is 11.9 Å². The number of para-hydroxylation sites is 1. The SMILES string of the molecule is C[C@@H](NC(=O)c1cc(-c2ccc(Cl)s2)nc2ccccc12)c1ccncc1. The summed E-state index contributed by atoms with van der Waals surface area (Å²) in [5.74, 6) is -0.137. The van der Waals surface area contributed by atoms with Crippen LogP contribution in [0.25, 0.3) is 21.5 Å². The van der Waals surface area contributed by atoms with E-state index in [1.54, 1.807) is 12.4 Å². The Balaban J connectivity index is 1.74. The quantitative estimate of drug-likeness (QED) is 0.497. The summed E-state index contributed by atoms with van der Waals surface area (Å²) in [5, 5.41) is 3.89. The van der Waals surface area contributed by atoms with E-state index in [0.29, 0.717) is 9.90 Å². The number of nitrogens with one attached hydrogen (secondary N) is 1. The van der Waals surface area contributed by atoms with Gasteiger partial charge in [-0.15, -0.1) is 11.3 Å². The summed E-state index contributed by atoms with van der Waals surface area (Å²) >= 11 is 7.52. The van der Waals surface area contributed by atoms with Gasteiger partial charge in [0.05, 0.1) is 32.0 Å². The smallest absolute Gasteiger partial charge is 0.252 e. The number of hydrogen-bond donors (Lipinski definition) is 1. The number of halogens is 1. The lowest BCUT2D eigenvalue weighted by Crippen LogP contribution is -2.27. The van der Waals surface area contributed by atoms with Crippen LogP contribution >= 0.6 is 22.9 Å². The van der Waals surface area contributed by atoms with E-state index in [1.165, 1.54) is 11.3 Å². The Morgan fingerprint density at radius 3 is 2.63 bits per heavy atom. The summed E-state index contributed by atoms with van der Waals surface area (Å²) < 4.78 is 0.692.